The van der Waals surface area contributed by atoms with Gasteiger partial charge in [0, 0.05) is 108 Å². The summed E-state index contributed by atoms with van der Waals surface area (Å²) in [5.74, 6) is -4.68. The van der Waals surface area contributed by atoms with Gasteiger partial charge in [0.15, 0.2) is 10.3 Å². The van der Waals surface area contributed by atoms with Crippen molar-refractivity contribution < 1.29 is 103 Å². The third-order valence-corrected chi connectivity index (χ3v) is 27.4. The summed E-state index contributed by atoms with van der Waals surface area (Å²) in [6.07, 6.45) is 9.68. The van der Waals surface area contributed by atoms with Crippen molar-refractivity contribution >= 4 is 146 Å². The average molecular weight is 1970 g/mol. The summed E-state index contributed by atoms with van der Waals surface area (Å²) in [4.78, 5) is 154. The fourth-order valence-corrected chi connectivity index (χ4v) is 20.1. The van der Waals surface area contributed by atoms with Crippen molar-refractivity contribution in [3.63, 3.8) is 0 Å². The third kappa shape index (κ3) is 28.3. The molecule has 2 saturated carbocycles. The molecule has 6 heterocycles. The normalized spacial score (nSPS) is 18.9. The van der Waals surface area contributed by atoms with E-state index in [1.54, 1.807) is 104 Å². The lowest BCUT2D eigenvalue weighted by Gasteiger charge is -2.29. The van der Waals surface area contributed by atoms with Crippen molar-refractivity contribution in [1.82, 2.24) is 49.8 Å². The SMILES string of the molecule is C=C[C@@H]1C[C@]1(NC(=O)[C@@H]1C[C@@H](Oc2cc(-c3csc(NC(C)C)n3)nc3cc(OC)ccc23)CN1C(=O)OC(C)(C)C)C(=O)NS(=O)(=O)c1ccccc1NC(=O)CCCCCCCCC(=O)O.C=C[C@@H]1C[C@]1(NC(=O)[C@@H]1C[C@@H](Oc2cc(-c3csc(NC(C)C)n3)nc3cc(OC)ccc23)CN1C(=O)OC(C)(C)C)C(=O)NS(=O)(=O)c1ccccc1NC(=O)CCCCCCCCC(=O)OC. The van der Waals surface area contributed by atoms with Gasteiger partial charge in [0.25, 0.3) is 31.9 Å². The Morgan fingerprint density at radius 2 is 0.876 bits per heavy atom. The summed E-state index contributed by atoms with van der Waals surface area (Å²) in [5.41, 5.74) is -1.96. The van der Waals surface area contributed by atoms with Crippen LogP contribution in [0.15, 0.2) is 143 Å². The molecule has 8 amide bonds. The van der Waals surface area contributed by atoms with Crippen LogP contribution in [-0.4, -0.2) is 204 Å². The number of aliphatic carboxylic acids is 1. The fraction of sp³-hybridized carbons (Fsp3) is 0.485. The number of sulfonamides is 2. The molecule has 9 N–H and O–H groups in total. The number of carboxylic acids is 1. The van der Waals surface area contributed by atoms with Crippen LogP contribution < -0.4 is 60.3 Å². The number of fused-ring (bicyclic) bond motifs is 2. The Morgan fingerprint density at radius 1 is 0.504 bits per heavy atom. The van der Waals surface area contributed by atoms with Crippen molar-refractivity contribution in [2.24, 2.45) is 11.8 Å². The van der Waals surface area contributed by atoms with E-state index in [1.165, 1.54) is 88.1 Å². The summed E-state index contributed by atoms with van der Waals surface area (Å²) in [5, 5.41) is 32.8. The molecule has 0 radical (unpaired) electrons. The molecule has 36 nitrogen and oxygen atoms in total. The van der Waals surface area contributed by atoms with E-state index in [-0.39, 0.29) is 97.3 Å². The molecule has 0 bridgehead atoms. The minimum absolute atomic E-state index is 0.0155. The molecule has 8 aromatic rings. The maximum absolute atomic E-state index is 14.5. The molecule has 4 aliphatic rings. The number of methoxy groups -OCH3 is 3. The number of pyridine rings is 2. The van der Waals surface area contributed by atoms with Crippen molar-refractivity contribution in [2.45, 2.75) is 266 Å². The number of carboxylic acid groups (broad SMARTS) is 1. The van der Waals surface area contributed by atoms with Crippen LogP contribution in [0.1, 0.15) is 198 Å². The van der Waals surface area contributed by atoms with Crippen LogP contribution in [0.2, 0.25) is 0 Å². The van der Waals surface area contributed by atoms with E-state index in [0.29, 0.717) is 93.3 Å². The van der Waals surface area contributed by atoms with Gasteiger partial charge < -0.3 is 70.2 Å². The molecule has 2 saturated heterocycles. The molecule has 8 atom stereocenters. The molecule has 0 spiro atoms. The number of hydrogen-bond acceptors (Lipinski definition) is 29. The van der Waals surface area contributed by atoms with E-state index in [9.17, 15) is 64.8 Å². The zero-order chi connectivity index (χ0) is 99.5. The van der Waals surface area contributed by atoms with Crippen LogP contribution >= 0.6 is 22.7 Å². The number of nitrogens with one attached hydrogen (secondary N) is 8. The highest BCUT2D eigenvalue weighted by molar-refractivity contribution is 7.90. The van der Waals surface area contributed by atoms with Crippen LogP contribution in [-0.2, 0) is 72.6 Å². The van der Waals surface area contributed by atoms with Gasteiger partial charge in [0.2, 0.25) is 23.6 Å². The van der Waals surface area contributed by atoms with E-state index in [1.807, 2.05) is 50.6 Å². The lowest BCUT2D eigenvalue weighted by molar-refractivity contribution is -0.141. The maximum Gasteiger partial charge on any atom is 0.411 e. The standard InChI is InChI=1S/C49H63N7O11S2.C48H61N7O11S2/c1-9-31-27-49(31,45(60)55-69(62,63)41-19-17-16-18-35(41)52-42(57)20-14-12-10-11-13-15-21-43(58)65-8)54-44(59)39-25-33(28-56(39)47(61)67-48(4,5)6)66-40-26-37(38-29-68-46(53-38)50-30(2)3)51-36-24-32(64-7)22-23-34(36)40;1-8-30-26-48(30,44(60)54-68(62,63)40-18-16-15-17-34(40)51-41(56)19-13-11-9-10-12-14-20-42(57)58)53-43(59)38-24-32(27-55(38)46(61)66-47(4,5)6)65-39-25-36(37-28-67-45(52-37)49-29(2)3)50-35-23-31(64-7)21-22-33(35)39/h9,16-19,22-24,26,29-31,33,39H,1,10-15,20-21,25,27-28H2,2-8H3,(H,50,53)(H,52,57)(H,54,59)(H,55,60);8,15-18,21-23,25,28-30,32,38H,1,9-14,19-20,24,26-27H2,2-7H3,(H,49,52)(H,51,56)(H,53,59)(H,54,60)(H,57,58)/t31-,33-,39+,49-;30-,32-,38+,48-/m11/s1. The summed E-state index contributed by atoms with van der Waals surface area (Å²) < 4.78 is 100. The number of esters is 1. The Morgan fingerprint density at radius 3 is 1.23 bits per heavy atom. The predicted molar refractivity (Wildman–Crippen MR) is 521 cm³/mol. The molecule has 4 aromatic heterocycles. The van der Waals surface area contributed by atoms with Crippen molar-refractivity contribution in [3.05, 3.63) is 133 Å². The van der Waals surface area contributed by atoms with Gasteiger partial charge in [0.1, 0.15) is 90.7 Å². The van der Waals surface area contributed by atoms with Crippen molar-refractivity contribution in [2.75, 3.05) is 55.7 Å². The Kier molecular flexibility index (Phi) is 35.3. The number of amides is 8. The van der Waals surface area contributed by atoms with Crippen molar-refractivity contribution in [3.8, 4) is 45.8 Å². The number of nitrogens with zero attached hydrogens (tertiary/aromatic N) is 6. The first-order chi connectivity index (χ1) is 65.0. The van der Waals surface area contributed by atoms with Gasteiger partial charge in [-0.15, -0.1) is 35.8 Å². The number of aromatic nitrogens is 4. The van der Waals surface area contributed by atoms with Gasteiger partial charge >= 0.3 is 24.1 Å². The minimum Gasteiger partial charge on any atom is -0.497 e. The summed E-state index contributed by atoms with van der Waals surface area (Å²) in [6, 6.07) is 23.6. The fourth-order valence-electron chi connectivity index (χ4n) is 16.0. The van der Waals surface area contributed by atoms with Crippen LogP contribution in [0.3, 0.4) is 0 Å². The first-order valence-electron chi connectivity index (χ1n) is 45.8. The zero-order valence-electron chi connectivity index (χ0n) is 79.5. The molecular formula is C97H124N14O22S4. The molecule has 4 aromatic carbocycles. The summed E-state index contributed by atoms with van der Waals surface area (Å²) in [6.45, 7) is 25.7. The summed E-state index contributed by atoms with van der Waals surface area (Å²) in [7, 11) is -4.75. The number of anilines is 4. The lowest BCUT2D eigenvalue weighted by atomic mass is 10.1. The topological polar surface area (TPSA) is 478 Å². The second-order valence-corrected chi connectivity index (χ2v) is 41.9. The number of hydrogen-bond donors (Lipinski definition) is 9. The Hall–Kier alpha value is -12.6. The maximum atomic E-state index is 14.5. The minimum atomic E-state index is -4.61. The highest BCUT2D eigenvalue weighted by Crippen LogP contribution is 2.48. The largest absolute Gasteiger partial charge is 0.497 e. The van der Waals surface area contributed by atoms with Gasteiger partial charge in [-0.2, -0.15) is 0 Å². The van der Waals surface area contributed by atoms with Gasteiger partial charge in [-0.05, 0) is 156 Å². The number of thiazole rings is 2. The molecule has 2 aliphatic carbocycles. The number of unbranched alkanes of at least 4 members (excludes halogenated alkanes) is 10. The predicted octanol–water partition coefficient (Wildman–Crippen LogP) is 15.4. The Labute approximate surface area is 806 Å². The molecule has 2 aliphatic heterocycles. The number of carbonyl (C=O) groups is 10. The van der Waals surface area contributed by atoms with E-state index in [2.05, 4.69) is 59.2 Å². The van der Waals surface area contributed by atoms with Gasteiger partial charge in [-0.3, -0.25) is 48.2 Å². The Bertz CT molecular complexity index is 6000. The molecule has 738 valence electrons. The van der Waals surface area contributed by atoms with E-state index < -0.39 is 132 Å². The number of ether oxygens (including phenoxy) is 7. The second kappa shape index (κ2) is 46.1. The van der Waals surface area contributed by atoms with E-state index >= 15 is 0 Å². The Balaban J connectivity index is 0.000000263. The lowest BCUT2D eigenvalue weighted by Crippen LogP contribution is -2.56. The molecule has 0 unspecified atom stereocenters. The van der Waals surface area contributed by atoms with Crippen molar-refractivity contribution in [1.29, 1.82) is 0 Å². The highest BCUT2D eigenvalue weighted by atomic mass is 32.2. The molecular weight excluding hydrogens is 1840 g/mol. The smallest absolute Gasteiger partial charge is 0.411 e. The molecule has 4 fully saturated rings. The van der Waals surface area contributed by atoms with Crippen LogP contribution in [0.5, 0.6) is 23.0 Å². The molecule has 137 heavy (non-hydrogen) atoms. The average Bonchev–Trinajstić information content (AvgIpc) is 1.58. The number of likely N-dealkylation sites (tertiary alicyclic amines) is 2. The number of benzene rings is 4. The third-order valence-electron chi connectivity index (χ3n) is 23.1. The van der Waals surface area contributed by atoms with Crippen LogP contribution in [0, 0.1) is 11.8 Å². The first kappa shape index (κ1) is 105. The first-order valence-corrected chi connectivity index (χ1v) is 50.5. The number of para-hydroxylation sites is 2. The molecule has 40 heteroatoms. The van der Waals surface area contributed by atoms with E-state index in [0.717, 1.165) is 68.1 Å². The number of rotatable bonds is 44. The van der Waals surface area contributed by atoms with Crippen LogP contribution in [0.25, 0.3) is 44.6 Å². The monoisotopic (exact) mass is 1960 g/mol. The van der Waals surface area contributed by atoms with E-state index in [4.69, 9.17) is 53.5 Å². The van der Waals surface area contributed by atoms with Gasteiger partial charge in [-0.1, -0.05) is 87.8 Å². The summed E-state index contributed by atoms with van der Waals surface area (Å²) >= 11 is 2.87. The van der Waals surface area contributed by atoms with Gasteiger partial charge in [-0.25, -0.2) is 55.8 Å². The van der Waals surface area contributed by atoms with Gasteiger partial charge in [0.05, 0.1) is 68.2 Å². The quantitative estimate of drug-likeness (QED) is 0.00741. The number of carbonyl (C=O) groups excluding carboxylic acids is 9. The second-order valence-electron chi connectivity index (χ2n) is 36.9. The highest BCUT2D eigenvalue weighted by Gasteiger charge is 2.63. The molecule has 12 rings (SSSR count). The zero-order valence-corrected chi connectivity index (χ0v) is 82.7. The van der Waals surface area contributed by atoms with Crippen LogP contribution in [0.4, 0.5) is 31.2 Å².